The highest BCUT2D eigenvalue weighted by atomic mass is 79.9. The van der Waals surface area contributed by atoms with Gasteiger partial charge in [0.1, 0.15) is 5.15 Å². The second-order valence-corrected chi connectivity index (χ2v) is 6.85. The minimum absolute atomic E-state index is 0.159. The molecule has 21 heavy (non-hydrogen) atoms. The van der Waals surface area contributed by atoms with Crippen LogP contribution in [0.15, 0.2) is 39.4 Å². The van der Waals surface area contributed by atoms with E-state index in [1.807, 2.05) is 18.2 Å². The van der Waals surface area contributed by atoms with Gasteiger partial charge >= 0.3 is 5.97 Å². The summed E-state index contributed by atoms with van der Waals surface area (Å²) in [6, 6.07) is 7.32. The van der Waals surface area contributed by atoms with Crippen LogP contribution in [0.4, 0.5) is 0 Å². The first-order chi connectivity index (χ1) is 10.0. The van der Waals surface area contributed by atoms with Crippen LogP contribution in [0.2, 0.25) is 9.62 Å². The van der Waals surface area contributed by atoms with E-state index in [4.69, 9.17) is 27.9 Å². The number of carbonyl (C=O) groups is 1. The minimum Gasteiger partial charge on any atom is -0.402 e. The summed E-state index contributed by atoms with van der Waals surface area (Å²) in [6.07, 6.45) is 1.51. The number of aromatic nitrogens is 1. The molecular formula is C13H5BrCl2N2O2S. The van der Waals surface area contributed by atoms with Crippen molar-refractivity contribution in [3.05, 3.63) is 54.5 Å². The van der Waals surface area contributed by atoms with E-state index in [0.717, 1.165) is 15.8 Å². The van der Waals surface area contributed by atoms with E-state index < -0.39 is 5.97 Å². The van der Waals surface area contributed by atoms with E-state index in [9.17, 15) is 4.79 Å². The van der Waals surface area contributed by atoms with Crippen LogP contribution in [-0.2, 0) is 9.53 Å². The second-order valence-electron chi connectivity index (χ2n) is 3.97. The fraction of sp³-hybridized carbons (Fsp3) is 0. The Morgan fingerprint density at radius 2 is 2.14 bits per heavy atom. The number of hydrogen-bond acceptors (Lipinski definition) is 5. The number of ether oxygens (including phenoxy) is 1. The van der Waals surface area contributed by atoms with Crippen LogP contribution < -0.4 is 0 Å². The number of esters is 1. The summed E-state index contributed by atoms with van der Waals surface area (Å²) in [6.45, 7) is 0. The van der Waals surface area contributed by atoms with Crippen LogP contribution in [0.5, 0.6) is 0 Å². The van der Waals surface area contributed by atoms with Crippen LogP contribution >= 0.6 is 50.5 Å². The Labute approximate surface area is 142 Å². The third kappa shape index (κ3) is 3.18. The predicted molar refractivity (Wildman–Crippen MR) is 86.9 cm³/mol. The van der Waals surface area contributed by atoms with E-state index in [1.54, 1.807) is 6.07 Å². The van der Waals surface area contributed by atoms with E-state index in [1.165, 1.54) is 6.08 Å². The average molecular weight is 404 g/mol. The van der Waals surface area contributed by atoms with Gasteiger partial charge in [-0.15, -0.1) is 11.3 Å². The van der Waals surface area contributed by atoms with Gasteiger partial charge in [0.2, 0.25) is 5.90 Å². The van der Waals surface area contributed by atoms with Crippen molar-refractivity contribution in [3.63, 3.8) is 0 Å². The van der Waals surface area contributed by atoms with Gasteiger partial charge in [0.05, 0.1) is 4.88 Å². The molecule has 0 fully saturated rings. The normalized spacial score (nSPS) is 16.2. The standard InChI is InChI=1S/C13H5BrCl2N2O2S/c14-7-3-1-2-6(4-7)11-17-8(12(19)20-11)5-9-10(15)18-13(16)21-9/h1-5H/b8-5-. The third-order valence-corrected chi connectivity index (χ3v) is 4.54. The van der Waals surface area contributed by atoms with Crippen molar-refractivity contribution in [2.45, 2.75) is 0 Å². The molecule has 3 rings (SSSR count). The Morgan fingerprint density at radius 1 is 1.33 bits per heavy atom. The lowest BCUT2D eigenvalue weighted by Gasteiger charge is -1.99. The van der Waals surface area contributed by atoms with Crippen molar-refractivity contribution in [2.24, 2.45) is 4.99 Å². The summed E-state index contributed by atoms with van der Waals surface area (Å²) in [5.41, 5.74) is 0.863. The Kier molecular flexibility index (Phi) is 4.12. The number of hydrogen-bond donors (Lipinski definition) is 0. The van der Waals surface area contributed by atoms with Crippen LogP contribution in [-0.4, -0.2) is 16.9 Å². The van der Waals surface area contributed by atoms with Gasteiger partial charge in [-0.3, -0.25) is 0 Å². The Hall–Kier alpha value is -1.21. The molecule has 0 unspecified atom stereocenters. The Bertz CT molecular complexity index is 801. The maximum atomic E-state index is 11.9. The van der Waals surface area contributed by atoms with E-state index >= 15 is 0 Å². The van der Waals surface area contributed by atoms with Gasteiger partial charge in [-0.1, -0.05) is 45.2 Å². The molecule has 0 N–H and O–H groups in total. The van der Waals surface area contributed by atoms with Crippen molar-refractivity contribution in [3.8, 4) is 0 Å². The molecule has 0 bridgehead atoms. The Morgan fingerprint density at radius 3 is 2.81 bits per heavy atom. The number of rotatable bonds is 2. The van der Waals surface area contributed by atoms with Gasteiger partial charge in [-0.25, -0.2) is 14.8 Å². The predicted octanol–water partition coefficient (Wildman–Crippen LogP) is 4.56. The molecule has 1 aliphatic rings. The SMILES string of the molecule is O=C1OC(c2cccc(Br)c2)=N/C1=C\c1sc(Cl)nc1Cl. The van der Waals surface area contributed by atoms with Crippen LogP contribution in [0.25, 0.3) is 6.08 Å². The molecule has 106 valence electrons. The maximum absolute atomic E-state index is 11.9. The highest BCUT2D eigenvalue weighted by molar-refractivity contribution is 9.10. The zero-order chi connectivity index (χ0) is 15.0. The highest BCUT2D eigenvalue weighted by Crippen LogP contribution is 2.30. The van der Waals surface area contributed by atoms with Crippen molar-refractivity contribution >= 4 is 68.4 Å². The van der Waals surface area contributed by atoms with Gasteiger partial charge in [0.15, 0.2) is 10.2 Å². The molecular weight excluding hydrogens is 399 g/mol. The van der Waals surface area contributed by atoms with Gasteiger partial charge < -0.3 is 4.74 Å². The van der Waals surface area contributed by atoms with Gasteiger partial charge in [0, 0.05) is 10.0 Å². The fourth-order valence-corrected chi connectivity index (χ4v) is 3.36. The van der Waals surface area contributed by atoms with Crippen molar-refractivity contribution < 1.29 is 9.53 Å². The number of halogens is 3. The van der Waals surface area contributed by atoms with E-state index in [-0.39, 0.29) is 16.7 Å². The zero-order valence-corrected chi connectivity index (χ0v) is 14.1. The van der Waals surface area contributed by atoms with Crippen molar-refractivity contribution in [1.82, 2.24) is 4.98 Å². The van der Waals surface area contributed by atoms with Crippen LogP contribution in [0, 0.1) is 0 Å². The quantitative estimate of drug-likeness (QED) is 0.545. The van der Waals surface area contributed by atoms with Gasteiger partial charge in [-0.2, -0.15) is 0 Å². The lowest BCUT2D eigenvalue weighted by Crippen LogP contribution is -2.05. The minimum atomic E-state index is -0.537. The molecule has 1 aromatic carbocycles. The smallest absolute Gasteiger partial charge is 0.363 e. The lowest BCUT2D eigenvalue weighted by molar-refractivity contribution is -0.129. The van der Waals surface area contributed by atoms with Gasteiger partial charge in [-0.05, 0) is 24.3 Å². The van der Waals surface area contributed by atoms with E-state index in [0.29, 0.717) is 14.9 Å². The molecule has 0 saturated heterocycles. The molecule has 0 radical (unpaired) electrons. The van der Waals surface area contributed by atoms with Crippen LogP contribution in [0.3, 0.4) is 0 Å². The number of thiazole rings is 1. The van der Waals surface area contributed by atoms with Crippen molar-refractivity contribution in [2.75, 3.05) is 0 Å². The number of aliphatic imine (C=N–C) groups is 1. The van der Waals surface area contributed by atoms with E-state index in [2.05, 4.69) is 25.9 Å². The molecule has 2 aromatic rings. The first-order valence-electron chi connectivity index (χ1n) is 5.63. The molecule has 0 spiro atoms. The fourth-order valence-electron chi connectivity index (χ4n) is 1.66. The summed E-state index contributed by atoms with van der Waals surface area (Å²) in [4.78, 5) is 20.5. The molecule has 0 saturated carbocycles. The van der Waals surface area contributed by atoms with Crippen LogP contribution in [0.1, 0.15) is 10.4 Å². The summed E-state index contributed by atoms with van der Waals surface area (Å²) in [5, 5.41) is 0.233. The molecule has 1 aliphatic heterocycles. The molecule has 8 heteroatoms. The highest BCUT2D eigenvalue weighted by Gasteiger charge is 2.25. The molecule has 2 heterocycles. The second kappa shape index (κ2) is 5.88. The first kappa shape index (κ1) is 14.7. The topological polar surface area (TPSA) is 51.5 Å². The largest absolute Gasteiger partial charge is 0.402 e. The summed E-state index contributed by atoms with van der Waals surface area (Å²) < 4.78 is 6.33. The molecule has 0 amide bonds. The number of nitrogens with zero attached hydrogens (tertiary/aromatic N) is 2. The summed E-state index contributed by atoms with van der Waals surface area (Å²) in [5.74, 6) is -0.287. The summed E-state index contributed by atoms with van der Waals surface area (Å²) in [7, 11) is 0. The molecule has 0 aliphatic carbocycles. The number of cyclic esters (lactones) is 1. The zero-order valence-electron chi connectivity index (χ0n) is 10.1. The van der Waals surface area contributed by atoms with Gasteiger partial charge in [0.25, 0.3) is 0 Å². The number of carbonyl (C=O) groups excluding carboxylic acids is 1. The average Bonchev–Trinajstić information content (AvgIpc) is 2.94. The molecule has 0 atom stereocenters. The Balaban J connectivity index is 1.97. The van der Waals surface area contributed by atoms with Crippen molar-refractivity contribution in [1.29, 1.82) is 0 Å². The number of benzene rings is 1. The molecule has 1 aromatic heterocycles. The molecule has 4 nitrogen and oxygen atoms in total. The third-order valence-electron chi connectivity index (χ3n) is 2.54. The monoisotopic (exact) mass is 402 g/mol. The summed E-state index contributed by atoms with van der Waals surface area (Å²) >= 11 is 16.2. The first-order valence-corrected chi connectivity index (χ1v) is 8.00. The maximum Gasteiger partial charge on any atom is 0.363 e. The lowest BCUT2D eigenvalue weighted by atomic mass is 10.2.